The van der Waals surface area contributed by atoms with E-state index in [2.05, 4.69) is 21.8 Å². The second-order valence-electron chi connectivity index (χ2n) is 4.29. The molecule has 1 atom stereocenters. The number of hydrogen-bond donors (Lipinski definition) is 1. The van der Waals surface area contributed by atoms with Crippen LogP contribution in [0.5, 0.6) is 0 Å². The molecule has 1 aliphatic heterocycles. The summed E-state index contributed by atoms with van der Waals surface area (Å²) < 4.78 is 13.4. The van der Waals surface area contributed by atoms with Crippen molar-refractivity contribution in [2.24, 2.45) is 0 Å². The number of rotatable bonds is 6. The van der Waals surface area contributed by atoms with Gasteiger partial charge >= 0.3 is 0 Å². The lowest BCUT2D eigenvalue weighted by Gasteiger charge is -2.23. The largest absolute Gasteiger partial charge is 0.373 e. The van der Waals surface area contributed by atoms with Gasteiger partial charge in [-0.25, -0.2) is 4.98 Å². The standard InChI is InChI=1S/C12H21N3O2/c1-2-4-15-10-14-6-11(15)8-16-9-12-7-13-3-5-17-12/h6,10,12-13H,2-5,7-9H2,1H3. The van der Waals surface area contributed by atoms with E-state index in [0.29, 0.717) is 13.2 Å². The van der Waals surface area contributed by atoms with Crippen molar-refractivity contribution in [2.75, 3.05) is 26.3 Å². The van der Waals surface area contributed by atoms with E-state index >= 15 is 0 Å². The molecule has 0 aromatic carbocycles. The predicted molar refractivity (Wildman–Crippen MR) is 64.8 cm³/mol. The third kappa shape index (κ3) is 3.80. The Morgan fingerprint density at radius 3 is 3.35 bits per heavy atom. The summed E-state index contributed by atoms with van der Waals surface area (Å²) in [4.78, 5) is 4.15. The van der Waals surface area contributed by atoms with Crippen LogP contribution in [-0.4, -0.2) is 42.0 Å². The van der Waals surface area contributed by atoms with Crippen LogP contribution in [0.15, 0.2) is 12.5 Å². The third-order valence-electron chi connectivity index (χ3n) is 2.82. The number of ether oxygens (including phenoxy) is 2. The zero-order chi connectivity index (χ0) is 11.9. The van der Waals surface area contributed by atoms with Crippen molar-refractivity contribution in [1.29, 1.82) is 0 Å². The van der Waals surface area contributed by atoms with Crippen molar-refractivity contribution in [3.05, 3.63) is 18.2 Å². The highest BCUT2D eigenvalue weighted by Crippen LogP contribution is 2.04. The summed E-state index contributed by atoms with van der Waals surface area (Å²) in [6.07, 6.45) is 5.03. The smallest absolute Gasteiger partial charge is 0.0948 e. The Kier molecular flexibility index (Phi) is 4.97. The SMILES string of the molecule is CCCn1cncc1COCC1CNCCO1. The first-order valence-corrected chi connectivity index (χ1v) is 6.29. The number of aryl methyl sites for hydroxylation is 1. The summed E-state index contributed by atoms with van der Waals surface area (Å²) >= 11 is 0. The van der Waals surface area contributed by atoms with Gasteiger partial charge in [0.15, 0.2) is 0 Å². The van der Waals surface area contributed by atoms with Gasteiger partial charge in [-0.05, 0) is 6.42 Å². The summed E-state index contributed by atoms with van der Waals surface area (Å²) in [6, 6.07) is 0. The summed E-state index contributed by atoms with van der Waals surface area (Å²) in [5, 5.41) is 3.29. The molecule has 0 saturated carbocycles. The van der Waals surface area contributed by atoms with Crippen molar-refractivity contribution in [3.8, 4) is 0 Å². The molecule has 5 nitrogen and oxygen atoms in total. The maximum absolute atomic E-state index is 5.68. The molecule has 5 heteroatoms. The summed E-state index contributed by atoms with van der Waals surface area (Å²) in [5.74, 6) is 0. The minimum Gasteiger partial charge on any atom is -0.373 e. The number of aromatic nitrogens is 2. The molecular formula is C12H21N3O2. The zero-order valence-electron chi connectivity index (χ0n) is 10.4. The number of imidazole rings is 1. The molecule has 1 saturated heterocycles. The quantitative estimate of drug-likeness (QED) is 0.797. The molecule has 0 radical (unpaired) electrons. The highest BCUT2D eigenvalue weighted by Gasteiger charge is 2.13. The van der Waals surface area contributed by atoms with Gasteiger partial charge in [-0.2, -0.15) is 0 Å². The van der Waals surface area contributed by atoms with E-state index in [1.807, 2.05) is 12.5 Å². The molecule has 0 spiro atoms. The molecule has 1 aromatic heterocycles. The molecule has 2 rings (SSSR count). The molecule has 0 amide bonds. The maximum atomic E-state index is 5.68. The monoisotopic (exact) mass is 239 g/mol. The van der Waals surface area contributed by atoms with Crippen molar-refractivity contribution in [1.82, 2.24) is 14.9 Å². The predicted octanol–water partition coefficient (Wildman–Crippen LogP) is 0.798. The van der Waals surface area contributed by atoms with Gasteiger partial charge in [0.1, 0.15) is 0 Å². The maximum Gasteiger partial charge on any atom is 0.0948 e. The first-order valence-electron chi connectivity index (χ1n) is 6.29. The molecule has 1 aliphatic rings. The molecule has 2 heterocycles. The van der Waals surface area contributed by atoms with E-state index in [4.69, 9.17) is 9.47 Å². The van der Waals surface area contributed by atoms with Crippen LogP contribution in [0.2, 0.25) is 0 Å². The van der Waals surface area contributed by atoms with Gasteiger partial charge in [0.25, 0.3) is 0 Å². The first-order chi connectivity index (χ1) is 8.40. The Bertz CT molecular complexity index is 321. The van der Waals surface area contributed by atoms with Crippen LogP contribution in [0.3, 0.4) is 0 Å². The zero-order valence-corrected chi connectivity index (χ0v) is 10.4. The number of nitrogens with zero attached hydrogens (tertiary/aromatic N) is 2. The lowest BCUT2D eigenvalue weighted by Crippen LogP contribution is -2.41. The van der Waals surface area contributed by atoms with E-state index in [9.17, 15) is 0 Å². The average Bonchev–Trinajstić information content (AvgIpc) is 2.79. The molecule has 17 heavy (non-hydrogen) atoms. The van der Waals surface area contributed by atoms with E-state index in [-0.39, 0.29) is 6.10 Å². The van der Waals surface area contributed by atoms with Crippen LogP contribution in [0.1, 0.15) is 19.0 Å². The van der Waals surface area contributed by atoms with E-state index in [0.717, 1.165) is 38.4 Å². The summed E-state index contributed by atoms with van der Waals surface area (Å²) in [6.45, 7) is 7.02. The van der Waals surface area contributed by atoms with Gasteiger partial charge in [-0.1, -0.05) is 6.92 Å². The summed E-state index contributed by atoms with van der Waals surface area (Å²) in [5.41, 5.74) is 1.13. The fourth-order valence-electron chi connectivity index (χ4n) is 1.93. The Balaban J connectivity index is 1.71. The van der Waals surface area contributed by atoms with Gasteiger partial charge in [0.2, 0.25) is 0 Å². The average molecular weight is 239 g/mol. The van der Waals surface area contributed by atoms with E-state index in [1.54, 1.807) is 0 Å². The molecule has 96 valence electrons. The van der Waals surface area contributed by atoms with Crippen molar-refractivity contribution < 1.29 is 9.47 Å². The fraction of sp³-hybridized carbons (Fsp3) is 0.750. The van der Waals surface area contributed by atoms with Crippen LogP contribution in [0.25, 0.3) is 0 Å². The van der Waals surface area contributed by atoms with Gasteiger partial charge in [-0.15, -0.1) is 0 Å². The normalized spacial score (nSPS) is 20.6. The van der Waals surface area contributed by atoms with Gasteiger partial charge in [0, 0.05) is 19.6 Å². The van der Waals surface area contributed by atoms with E-state index in [1.165, 1.54) is 0 Å². The number of nitrogens with one attached hydrogen (secondary N) is 1. The molecule has 1 fully saturated rings. The minimum absolute atomic E-state index is 0.186. The fourth-order valence-corrected chi connectivity index (χ4v) is 1.93. The lowest BCUT2D eigenvalue weighted by atomic mass is 10.3. The van der Waals surface area contributed by atoms with E-state index < -0.39 is 0 Å². The highest BCUT2D eigenvalue weighted by atomic mass is 16.5. The molecule has 1 N–H and O–H groups in total. The Labute approximate surface area is 102 Å². The third-order valence-corrected chi connectivity index (χ3v) is 2.82. The van der Waals surface area contributed by atoms with Crippen LogP contribution < -0.4 is 5.32 Å². The van der Waals surface area contributed by atoms with Crippen molar-refractivity contribution in [3.63, 3.8) is 0 Å². The van der Waals surface area contributed by atoms with Crippen LogP contribution in [0, 0.1) is 0 Å². The van der Waals surface area contributed by atoms with Gasteiger partial charge < -0.3 is 19.4 Å². The molecule has 1 unspecified atom stereocenters. The first kappa shape index (κ1) is 12.5. The van der Waals surface area contributed by atoms with Crippen LogP contribution in [0.4, 0.5) is 0 Å². The second kappa shape index (κ2) is 6.74. The molecule has 0 bridgehead atoms. The Morgan fingerprint density at radius 1 is 1.65 bits per heavy atom. The highest BCUT2D eigenvalue weighted by molar-refractivity contribution is 4.96. The molecular weight excluding hydrogens is 218 g/mol. The second-order valence-corrected chi connectivity index (χ2v) is 4.29. The van der Waals surface area contributed by atoms with Crippen molar-refractivity contribution >= 4 is 0 Å². The van der Waals surface area contributed by atoms with Crippen LogP contribution in [-0.2, 0) is 22.6 Å². The number of hydrogen-bond acceptors (Lipinski definition) is 4. The molecule has 0 aliphatic carbocycles. The minimum atomic E-state index is 0.186. The topological polar surface area (TPSA) is 48.3 Å². The summed E-state index contributed by atoms with van der Waals surface area (Å²) in [7, 11) is 0. The van der Waals surface area contributed by atoms with Gasteiger partial charge in [0.05, 0.1) is 44.1 Å². The number of morpholine rings is 1. The Hall–Kier alpha value is -0.910. The van der Waals surface area contributed by atoms with Crippen molar-refractivity contribution in [2.45, 2.75) is 32.6 Å². The lowest BCUT2D eigenvalue weighted by molar-refractivity contribution is -0.0367. The Morgan fingerprint density at radius 2 is 2.59 bits per heavy atom. The molecule has 1 aromatic rings. The van der Waals surface area contributed by atoms with Gasteiger partial charge in [-0.3, -0.25) is 0 Å². The van der Waals surface area contributed by atoms with Crippen LogP contribution >= 0.6 is 0 Å².